The van der Waals surface area contributed by atoms with Gasteiger partial charge in [-0.2, -0.15) is 0 Å². The van der Waals surface area contributed by atoms with E-state index < -0.39 is 0 Å². The number of H-pyrrole nitrogens is 2. The first kappa shape index (κ1) is 40.1. The second kappa shape index (κ2) is 23.5. The Morgan fingerprint density at radius 1 is 0.844 bits per heavy atom. The molecule has 0 radical (unpaired) electrons. The summed E-state index contributed by atoms with van der Waals surface area (Å²) in [6.45, 7) is 1.20. The summed E-state index contributed by atoms with van der Waals surface area (Å²) in [5, 5.41) is 11.8. The number of benzene rings is 2. The first-order valence-electron chi connectivity index (χ1n) is 13.6. The minimum absolute atomic E-state index is 0. The average molecular weight is 654 g/mol. The van der Waals surface area contributed by atoms with Gasteiger partial charge in [0.2, 0.25) is 0 Å². The van der Waals surface area contributed by atoms with E-state index in [9.17, 15) is 0 Å². The lowest BCUT2D eigenvalue weighted by Gasteiger charge is -1.99. The van der Waals surface area contributed by atoms with Crippen LogP contribution in [0.4, 0.5) is 11.9 Å². The van der Waals surface area contributed by atoms with Gasteiger partial charge in [0.1, 0.15) is 0 Å². The monoisotopic (exact) mass is 652 g/mol. The van der Waals surface area contributed by atoms with Crippen molar-refractivity contribution in [3.05, 3.63) is 118 Å². The highest BCUT2D eigenvalue weighted by Crippen LogP contribution is 2.07. The molecular weight excluding hydrogens is 611 g/mol. The van der Waals surface area contributed by atoms with Gasteiger partial charge in [0.05, 0.1) is 31.2 Å². The molecule has 0 spiro atoms. The molecule has 0 fully saturated rings. The summed E-state index contributed by atoms with van der Waals surface area (Å²) in [6, 6.07) is 19.9. The number of aromatic nitrogens is 7. The van der Waals surface area contributed by atoms with E-state index in [1.165, 1.54) is 5.56 Å². The standard InChI is InChI=1S/C15H18N6.C8H11N3.C7H7N3.CH4.2ClH/c16-15-17-9-13(18-15)7-4-8-14-11-21(20-19-14)10-12-5-2-1-3-6-12;1-2-3-4-5-7-6-10-8(9)11-7;8-10-9-6-7-4-2-1-3-5-7;;;/h1-3,5-6,9,11H,4,7-8,10H2,(H3,16,17,18);1,6H,3-5H2,(H3,9,10,11);1-5H,6H2;1H4;2*1H. The van der Waals surface area contributed by atoms with Gasteiger partial charge in [0, 0.05) is 28.9 Å². The van der Waals surface area contributed by atoms with Crippen LogP contribution >= 0.6 is 24.8 Å². The molecule has 2 aromatic carbocycles. The van der Waals surface area contributed by atoms with Gasteiger partial charge < -0.3 is 21.4 Å². The van der Waals surface area contributed by atoms with E-state index in [2.05, 4.69) is 58.3 Å². The Labute approximate surface area is 276 Å². The summed E-state index contributed by atoms with van der Waals surface area (Å²) in [5.41, 5.74) is 24.3. The van der Waals surface area contributed by atoms with Crippen molar-refractivity contribution in [2.24, 2.45) is 5.11 Å². The second-order valence-electron chi connectivity index (χ2n) is 9.27. The SMILES string of the molecule is C.C#CCCCc1cnc(N)[nH]1.Cl.Cl.Nc1ncc(CCCc2cn(Cc3ccccc3)nn2)[nH]1.[N-]=[N+]=NCc1ccccc1. The van der Waals surface area contributed by atoms with Crippen molar-refractivity contribution in [1.82, 2.24) is 34.9 Å². The van der Waals surface area contributed by atoms with Gasteiger partial charge in [-0.05, 0) is 48.8 Å². The molecule has 0 bridgehead atoms. The number of unbranched alkanes of at least 4 members (excludes halogenated alkanes) is 1. The molecular formula is C31H42Cl2N12. The van der Waals surface area contributed by atoms with Crippen LogP contribution in [-0.2, 0) is 32.4 Å². The van der Waals surface area contributed by atoms with Crippen LogP contribution in [0.25, 0.3) is 10.4 Å². The van der Waals surface area contributed by atoms with Crippen molar-refractivity contribution in [3.63, 3.8) is 0 Å². The van der Waals surface area contributed by atoms with E-state index in [-0.39, 0.29) is 32.2 Å². The third-order valence-corrected chi connectivity index (χ3v) is 5.88. The predicted octanol–water partition coefficient (Wildman–Crippen LogP) is 6.73. The largest absolute Gasteiger partial charge is 0.369 e. The molecule has 0 saturated heterocycles. The molecule has 0 aliphatic rings. The van der Waals surface area contributed by atoms with Crippen LogP contribution in [0.15, 0.2) is 84.4 Å². The maximum absolute atomic E-state index is 7.99. The number of azide groups is 1. The quantitative estimate of drug-likeness (QED) is 0.0402. The van der Waals surface area contributed by atoms with Crippen molar-refractivity contribution >= 4 is 36.7 Å². The van der Waals surface area contributed by atoms with Crippen LogP contribution < -0.4 is 11.5 Å². The molecule has 0 amide bonds. The number of aryl methyl sites for hydroxylation is 3. The number of hydrogen-bond acceptors (Lipinski definition) is 7. The Bertz CT molecular complexity index is 1540. The van der Waals surface area contributed by atoms with E-state index in [1.807, 2.05) is 59.4 Å². The number of hydrogen-bond donors (Lipinski definition) is 4. The predicted molar refractivity (Wildman–Crippen MR) is 186 cm³/mol. The summed E-state index contributed by atoms with van der Waals surface area (Å²) >= 11 is 0. The average Bonchev–Trinajstić information content (AvgIpc) is 3.75. The molecule has 0 atom stereocenters. The fraction of sp³-hybridized carbons (Fsp3) is 0.290. The summed E-state index contributed by atoms with van der Waals surface area (Å²) in [5.74, 6) is 3.52. The van der Waals surface area contributed by atoms with Gasteiger partial charge in [-0.1, -0.05) is 78.4 Å². The Morgan fingerprint density at radius 2 is 1.40 bits per heavy atom. The van der Waals surface area contributed by atoms with Crippen LogP contribution in [0, 0.1) is 12.3 Å². The van der Waals surface area contributed by atoms with E-state index in [0.717, 1.165) is 67.7 Å². The van der Waals surface area contributed by atoms with E-state index in [1.54, 1.807) is 12.4 Å². The molecule has 3 heterocycles. The van der Waals surface area contributed by atoms with Gasteiger partial charge >= 0.3 is 0 Å². The summed E-state index contributed by atoms with van der Waals surface area (Å²) in [6.07, 6.45) is 16.1. The molecule has 0 unspecified atom stereocenters. The number of terminal acetylenes is 1. The molecule has 14 heteroatoms. The molecule has 3 aromatic heterocycles. The van der Waals surface area contributed by atoms with Crippen LogP contribution in [0.1, 0.15) is 54.9 Å². The van der Waals surface area contributed by atoms with Crippen molar-refractivity contribution in [2.75, 3.05) is 11.5 Å². The van der Waals surface area contributed by atoms with Crippen LogP contribution in [-0.4, -0.2) is 34.9 Å². The first-order valence-corrected chi connectivity index (χ1v) is 13.6. The maximum Gasteiger partial charge on any atom is 0.197 e. The maximum atomic E-state index is 7.99. The number of anilines is 2. The van der Waals surface area contributed by atoms with Gasteiger partial charge in [-0.3, -0.25) is 0 Å². The normalized spacial score (nSPS) is 9.22. The highest BCUT2D eigenvalue weighted by Gasteiger charge is 2.03. The Hall–Kier alpha value is -4.95. The highest BCUT2D eigenvalue weighted by atomic mass is 35.5. The zero-order valence-electron chi connectivity index (χ0n) is 24.3. The fourth-order valence-corrected chi connectivity index (χ4v) is 3.85. The van der Waals surface area contributed by atoms with E-state index in [4.69, 9.17) is 23.4 Å². The number of rotatable bonds is 11. The number of aromatic amines is 2. The van der Waals surface area contributed by atoms with Gasteiger partial charge in [0.15, 0.2) is 11.9 Å². The molecule has 6 N–H and O–H groups in total. The number of nitrogens with one attached hydrogen (secondary N) is 2. The molecule has 12 nitrogen and oxygen atoms in total. The van der Waals surface area contributed by atoms with Crippen molar-refractivity contribution in [1.29, 1.82) is 0 Å². The molecule has 0 aliphatic carbocycles. The van der Waals surface area contributed by atoms with Crippen molar-refractivity contribution in [2.45, 2.75) is 59.0 Å². The third-order valence-electron chi connectivity index (χ3n) is 5.88. The Balaban J connectivity index is 0.000000690. The summed E-state index contributed by atoms with van der Waals surface area (Å²) in [4.78, 5) is 16.5. The molecule has 0 saturated carbocycles. The number of imidazole rings is 2. The highest BCUT2D eigenvalue weighted by molar-refractivity contribution is 5.85. The first-order chi connectivity index (χ1) is 20.6. The Kier molecular flexibility index (Phi) is 20.9. The topological polar surface area (TPSA) is 189 Å². The minimum atomic E-state index is 0. The van der Waals surface area contributed by atoms with Gasteiger partial charge in [-0.25, -0.2) is 14.6 Å². The molecule has 5 aromatic rings. The van der Waals surface area contributed by atoms with Crippen molar-refractivity contribution in [3.8, 4) is 12.3 Å². The third kappa shape index (κ3) is 16.5. The van der Waals surface area contributed by atoms with Crippen molar-refractivity contribution < 1.29 is 0 Å². The second-order valence-corrected chi connectivity index (χ2v) is 9.27. The fourth-order valence-electron chi connectivity index (χ4n) is 3.85. The lowest BCUT2D eigenvalue weighted by Crippen LogP contribution is -1.99. The van der Waals surface area contributed by atoms with Gasteiger partial charge in [0.25, 0.3) is 0 Å². The number of halogens is 2. The van der Waals surface area contributed by atoms with E-state index in [0.29, 0.717) is 18.4 Å². The molecule has 45 heavy (non-hydrogen) atoms. The minimum Gasteiger partial charge on any atom is -0.369 e. The van der Waals surface area contributed by atoms with Crippen LogP contribution in [0.5, 0.6) is 0 Å². The smallest absolute Gasteiger partial charge is 0.197 e. The van der Waals surface area contributed by atoms with Crippen LogP contribution in [0.3, 0.4) is 0 Å². The summed E-state index contributed by atoms with van der Waals surface area (Å²) < 4.78 is 1.87. The zero-order chi connectivity index (χ0) is 29.8. The summed E-state index contributed by atoms with van der Waals surface area (Å²) in [7, 11) is 0. The number of nitrogen functional groups attached to an aromatic ring is 2. The lowest BCUT2D eigenvalue weighted by molar-refractivity contribution is 0.649. The Morgan fingerprint density at radius 3 is 1.91 bits per heavy atom. The molecule has 5 rings (SSSR count). The molecule has 240 valence electrons. The zero-order valence-corrected chi connectivity index (χ0v) is 25.9. The lowest BCUT2D eigenvalue weighted by atomic mass is 10.2. The number of nitrogens with zero attached hydrogens (tertiary/aromatic N) is 8. The molecule has 0 aliphatic heterocycles. The van der Waals surface area contributed by atoms with Gasteiger partial charge in [-0.15, -0.1) is 42.3 Å². The van der Waals surface area contributed by atoms with Crippen LogP contribution in [0.2, 0.25) is 0 Å². The van der Waals surface area contributed by atoms with E-state index >= 15 is 0 Å². The number of nitrogens with two attached hydrogens (primary N) is 2.